The van der Waals surface area contributed by atoms with Gasteiger partial charge in [-0.1, -0.05) is 30.3 Å². The molecule has 1 fully saturated rings. The molecule has 1 aliphatic carbocycles. The average Bonchev–Trinajstić information content (AvgIpc) is 2.90. The molecule has 2 rings (SSSR count). The molecule has 1 heteroatoms. The van der Waals surface area contributed by atoms with Gasteiger partial charge in [-0.05, 0) is 24.3 Å². The van der Waals surface area contributed by atoms with E-state index in [0.717, 1.165) is 18.1 Å². The van der Waals surface area contributed by atoms with E-state index in [9.17, 15) is 0 Å². The number of hydrogen-bond acceptors (Lipinski definition) is 1. The Morgan fingerprint density at radius 3 is 2.67 bits per heavy atom. The van der Waals surface area contributed by atoms with Crippen LogP contribution in [0.2, 0.25) is 0 Å². The second kappa shape index (κ2) is 3.72. The Labute approximate surface area is 73.4 Å². The lowest BCUT2D eigenvalue weighted by molar-refractivity contribution is 0.199. The Morgan fingerprint density at radius 2 is 2.00 bits per heavy atom. The van der Waals surface area contributed by atoms with Crippen LogP contribution in [0.4, 0.5) is 0 Å². The van der Waals surface area contributed by atoms with Crippen molar-refractivity contribution in [2.24, 2.45) is 5.92 Å². The lowest BCUT2D eigenvalue weighted by atomic mass is 10.2. The van der Waals surface area contributed by atoms with E-state index in [1.54, 1.807) is 0 Å². The van der Waals surface area contributed by atoms with Crippen LogP contribution in [0.5, 0.6) is 0 Å². The lowest BCUT2D eigenvalue weighted by Gasteiger charge is -2.00. The molecule has 1 saturated carbocycles. The first-order valence-electron chi connectivity index (χ1n) is 4.45. The highest BCUT2D eigenvalue weighted by molar-refractivity contribution is 5.19. The van der Waals surface area contributed by atoms with Gasteiger partial charge in [0.25, 0.3) is 0 Å². The second-order valence-electron chi connectivity index (χ2n) is 3.31. The molecule has 1 aromatic rings. The molecule has 1 aliphatic rings. The van der Waals surface area contributed by atoms with Crippen LogP contribution in [-0.2, 0) is 4.74 Å². The van der Waals surface area contributed by atoms with Gasteiger partial charge in [-0.2, -0.15) is 0 Å². The van der Waals surface area contributed by atoms with Crippen LogP contribution >= 0.6 is 0 Å². The molecule has 1 aromatic carbocycles. The van der Waals surface area contributed by atoms with Gasteiger partial charge in [0.2, 0.25) is 0 Å². The van der Waals surface area contributed by atoms with E-state index in [1.165, 1.54) is 12.8 Å². The zero-order chi connectivity index (χ0) is 8.23. The lowest BCUT2D eigenvalue weighted by Crippen LogP contribution is -1.93. The summed E-state index contributed by atoms with van der Waals surface area (Å²) in [6, 6.07) is 10.1. The first-order chi connectivity index (χ1) is 5.95. The molecule has 0 bridgehead atoms. The summed E-state index contributed by atoms with van der Waals surface area (Å²) in [6.07, 6.45) is 2.70. The number of hydrogen-bond donors (Lipinski definition) is 0. The molecule has 0 amide bonds. The van der Waals surface area contributed by atoms with Crippen LogP contribution in [-0.4, -0.2) is 6.61 Å². The molecule has 0 unspecified atom stereocenters. The first-order valence-corrected chi connectivity index (χ1v) is 4.45. The molecule has 0 N–H and O–H groups in total. The molecule has 0 atom stereocenters. The summed E-state index contributed by atoms with van der Waals surface area (Å²) in [7, 11) is 0. The van der Waals surface area contributed by atoms with E-state index in [2.05, 4.69) is 0 Å². The average molecular weight is 161 g/mol. The topological polar surface area (TPSA) is 9.23 Å². The van der Waals surface area contributed by atoms with E-state index in [4.69, 9.17) is 4.74 Å². The van der Waals surface area contributed by atoms with Crippen LogP contribution in [0.15, 0.2) is 30.3 Å². The molecule has 0 aliphatic heterocycles. The predicted octanol–water partition coefficient (Wildman–Crippen LogP) is 2.62. The van der Waals surface area contributed by atoms with Gasteiger partial charge >= 0.3 is 0 Å². The molecule has 1 radical (unpaired) electrons. The standard InChI is InChI=1S/C11H13O/c1-2-4-10(5-3-1)8-12-9-11-6-7-11/h1-5,8,11H,6-7,9H2. The predicted molar refractivity (Wildman–Crippen MR) is 48.5 cm³/mol. The van der Waals surface area contributed by atoms with Crippen LogP contribution in [0.3, 0.4) is 0 Å². The Bertz CT molecular complexity index is 226. The van der Waals surface area contributed by atoms with Gasteiger partial charge in [0.05, 0.1) is 6.61 Å². The SMILES string of the molecule is [CH](OCC1CC1)c1ccccc1. The van der Waals surface area contributed by atoms with E-state index < -0.39 is 0 Å². The van der Waals surface area contributed by atoms with E-state index in [0.29, 0.717) is 0 Å². The molecular weight excluding hydrogens is 148 g/mol. The maximum Gasteiger partial charge on any atom is 0.113 e. The molecule has 0 heterocycles. The van der Waals surface area contributed by atoms with Crippen molar-refractivity contribution in [1.29, 1.82) is 0 Å². The van der Waals surface area contributed by atoms with E-state index in [1.807, 2.05) is 36.9 Å². The second-order valence-corrected chi connectivity index (χ2v) is 3.31. The van der Waals surface area contributed by atoms with Gasteiger partial charge in [0, 0.05) is 0 Å². The van der Waals surface area contributed by atoms with Gasteiger partial charge in [0.15, 0.2) is 0 Å². The highest BCUT2D eigenvalue weighted by atomic mass is 16.5. The fourth-order valence-electron chi connectivity index (χ4n) is 1.10. The van der Waals surface area contributed by atoms with Crippen LogP contribution < -0.4 is 0 Å². The third kappa shape index (κ3) is 2.35. The van der Waals surface area contributed by atoms with Crippen molar-refractivity contribution in [2.75, 3.05) is 6.61 Å². The summed E-state index contributed by atoms with van der Waals surface area (Å²) >= 11 is 0. The molecule has 0 saturated heterocycles. The monoisotopic (exact) mass is 161 g/mol. The van der Waals surface area contributed by atoms with Crippen molar-refractivity contribution in [3.8, 4) is 0 Å². The number of ether oxygens (including phenoxy) is 1. The molecule has 1 nitrogen and oxygen atoms in total. The summed E-state index contributed by atoms with van der Waals surface area (Å²) in [5.41, 5.74) is 1.15. The van der Waals surface area contributed by atoms with Gasteiger partial charge < -0.3 is 4.74 Å². The maximum absolute atomic E-state index is 5.42. The van der Waals surface area contributed by atoms with Crippen LogP contribution in [0.25, 0.3) is 0 Å². The van der Waals surface area contributed by atoms with Crippen molar-refractivity contribution in [3.05, 3.63) is 42.5 Å². The molecule has 0 aromatic heterocycles. The Hall–Kier alpha value is -0.820. The fraction of sp³-hybridized carbons (Fsp3) is 0.364. The van der Waals surface area contributed by atoms with Gasteiger partial charge in [-0.25, -0.2) is 0 Å². The van der Waals surface area contributed by atoms with E-state index in [-0.39, 0.29) is 0 Å². The van der Waals surface area contributed by atoms with Crippen molar-refractivity contribution in [3.63, 3.8) is 0 Å². The van der Waals surface area contributed by atoms with Crippen molar-refractivity contribution < 1.29 is 4.74 Å². The third-order valence-electron chi connectivity index (χ3n) is 2.05. The van der Waals surface area contributed by atoms with E-state index >= 15 is 0 Å². The van der Waals surface area contributed by atoms with Crippen molar-refractivity contribution >= 4 is 0 Å². The third-order valence-corrected chi connectivity index (χ3v) is 2.05. The Kier molecular flexibility index (Phi) is 2.42. The quantitative estimate of drug-likeness (QED) is 0.659. The smallest absolute Gasteiger partial charge is 0.113 e. The number of benzene rings is 1. The largest absolute Gasteiger partial charge is 0.370 e. The van der Waals surface area contributed by atoms with Crippen molar-refractivity contribution in [2.45, 2.75) is 12.8 Å². The molecular formula is C11H13O. The van der Waals surface area contributed by atoms with Gasteiger partial charge in [-0.3, -0.25) is 0 Å². The minimum absolute atomic E-state index is 0.838. The first kappa shape index (κ1) is 7.81. The summed E-state index contributed by atoms with van der Waals surface area (Å²) in [5.74, 6) is 0.838. The normalized spacial score (nSPS) is 16.3. The Balaban J connectivity index is 1.72. The fourth-order valence-corrected chi connectivity index (χ4v) is 1.10. The van der Waals surface area contributed by atoms with Crippen LogP contribution in [0.1, 0.15) is 18.4 Å². The summed E-state index contributed by atoms with van der Waals surface area (Å²) < 4.78 is 5.42. The number of rotatable bonds is 4. The van der Waals surface area contributed by atoms with Crippen LogP contribution in [0, 0.1) is 12.5 Å². The van der Waals surface area contributed by atoms with Crippen molar-refractivity contribution in [1.82, 2.24) is 0 Å². The zero-order valence-electron chi connectivity index (χ0n) is 7.07. The molecule has 12 heavy (non-hydrogen) atoms. The van der Waals surface area contributed by atoms with Gasteiger partial charge in [-0.15, -0.1) is 0 Å². The summed E-state index contributed by atoms with van der Waals surface area (Å²) in [6.45, 7) is 2.74. The zero-order valence-corrected chi connectivity index (χ0v) is 7.07. The minimum Gasteiger partial charge on any atom is -0.370 e. The molecule has 0 spiro atoms. The highest BCUT2D eigenvalue weighted by Gasteiger charge is 2.20. The summed E-state index contributed by atoms with van der Waals surface area (Å²) in [5, 5.41) is 0. The minimum atomic E-state index is 0.838. The van der Waals surface area contributed by atoms with Gasteiger partial charge in [0.1, 0.15) is 6.61 Å². The molecule has 63 valence electrons. The maximum atomic E-state index is 5.42. The summed E-state index contributed by atoms with van der Waals surface area (Å²) in [4.78, 5) is 0. The highest BCUT2D eigenvalue weighted by Crippen LogP contribution is 2.29. The Morgan fingerprint density at radius 1 is 1.25 bits per heavy atom.